The number of hydrogen-bond donors (Lipinski definition) is 2. The van der Waals surface area contributed by atoms with Gasteiger partial charge in [-0.2, -0.15) is 4.14 Å². The predicted molar refractivity (Wildman–Crippen MR) is 165 cm³/mol. The van der Waals surface area contributed by atoms with Gasteiger partial charge >= 0.3 is 0 Å². The number of ether oxygens (including phenoxy) is 1. The number of rotatable bonds is 11. The van der Waals surface area contributed by atoms with Crippen LogP contribution in [0.5, 0.6) is 0 Å². The molecule has 0 radical (unpaired) electrons. The van der Waals surface area contributed by atoms with E-state index in [9.17, 15) is 10.3 Å². The van der Waals surface area contributed by atoms with Crippen molar-refractivity contribution in [1.29, 1.82) is 0 Å². The number of fused-ring (bicyclic) bond motifs is 1. The van der Waals surface area contributed by atoms with Crippen LogP contribution in [0.2, 0.25) is 0 Å². The number of amidine groups is 1. The first-order chi connectivity index (χ1) is 19.2. The maximum Gasteiger partial charge on any atom is 0.289 e. The summed E-state index contributed by atoms with van der Waals surface area (Å²) in [4.78, 5) is 10.3. The number of allylic oxidation sites excluding steroid dienone is 1. The molecule has 2 heterocycles. The molecule has 0 saturated carbocycles. The lowest BCUT2D eigenvalue weighted by atomic mass is 9.97. The van der Waals surface area contributed by atoms with E-state index in [1.807, 2.05) is 43.3 Å². The second-order valence-corrected chi connectivity index (χ2v) is 11.2. The van der Waals surface area contributed by atoms with Gasteiger partial charge in [0.2, 0.25) is 0 Å². The topological polar surface area (TPSA) is 112 Å². The number of nitrogens with two attached hydrogens (primary N) is 1. The fourth-order valence-electron chi connectivity index (χ4n) is 4.36. The van der Waals surface area contributed by atoms with Crippen LogP contribution in [0.15, 0.2) is 75.4 Å². The summed E-state index contributed by atoms with van der Waals surface area (Å²) in [7, 11) is 0. The number of halogens is 1. The molecule has 8 nitrogen and oxygen atoms in total. The van der Waals surface area contributed by atoms with Crippen molar-refractivity contribution < 1.29 is 14.0 Å². The van der Waals surface area contributed by atoms with E-state index in [-0.39, 0.29) is 11.6 Å². The molecule has 2 aromatic carbocycles. The van der Waals surface area contributed by atoms with E-state index in [0.717, 1.165) is 73.5 Å². The zero-order valence-corrected chi connectivity index (χ0v) is 25.6. The van der Waals surface area contributed by atoms with Crippen LogP contribution in [0.25, 0.3) is 22.3 Å². The summed E-state index contributed by atoms with van der Waals surface area (Å²) in [6.07, 6.45) is 1.85. The second kappa shape index (κ2) is 13.3. The molecule has 0 aliphatic rings. The number of benzene rings is 2. The molecule has 2 aromatic heterocycles. The third-order valence-corrected chi connectivity index (χ3v) is 7.92. The van der Waals surface area contributed by atoms with Crippen LogP contribution in [0, 0.1) is 5.21 Å². The van der Waals surface area contributed by atoms with Crippen molar-refractivity contribution in [1.82, 2.24) is 14.5 Å². The largest absolute Gasteiger partial charge is 0.704 e. The molecule has 210 valence electrons. The lowest BCUT2D eigenvalue weighted by Gasteiger charge is -2.17. The first-order valence-corrected chi connectivity index (χ1v) is 14.7. The van der Waals surface area contributed by atoms with Gasteiger partial charge in [0.15, 0.2) is 5.65 Å². The molecule has 0 amide bonds. The van der Waals surface area contributed by atoms with Crippen LogP contribution in [-0.2, 0) is 24.3 Å². The van der Waals surface area contributed by atoms with Crippen LogP contribution < -0.4 is 5.73 Å². The average molecular weight is 625 g/mol. The lowest BCUT2D eigenvalue weighted by molar-refractivity contribution is -0.259. The van der Waals surface area contributed by atoms with E-state index in [2.05, 4.69) is 45.6 Å². The standard InChI is InChI=1S/C30H34BrN5O3S/c1-5-9-28-33-25-14-15-27(31)34-30(25)35(28)17-21-12-13-23(22(16-21)18-39-6-2)24-10-7-8-11-26(24)40-36(38)29(32)19(3)20(4)37/h7-8,10-16,37H,5-6,9,17-18,32H2,1-4H3/b20-19-,36-29+. The zero-order chi connectivity index (χ0) is 28.8. The van der Waals surface area contributed by atoms with Gasteiger partial charge < -0.3 is 19.6 Å². The second-order valence-electron chi connectivity index (χ2n) is 9.41. The number of aliphatic hydroxyl groups is 1. The Morgan fingerprint density at radius 1 is 1.10 bits per heavy atom. The van der Waals surface area contributed by atoms with Gasteiger partial charge in [-0.3, -0.25) is 5.73 Å². The SMILES string of the molecule is CCCc1nc2ccc(Br)nc2n1Cc1ccc(-c2ccccc2S/[N+]([O-])=C(N)\C(C)=C(\C)O)c(COCC)c1. The fourth-order valence-corrected chi connectivity index (χ4v) is 5.49. The number of pyridine rings is 1. The molecule has 0 aliphatic heterocycles. The van der Waals surface area contributed by atoms with E-state index in [4.69, 9.17) is 20.4 Å². The van der Waals surface area contributed by atoms with Crippen molar-refractivity contribution in [3.8, 4) is 11.1 Å². The van der Waals surface area contributed by atoms with Crippen LogP contribution >= 0.6 is 27.9 Å². The first kappa shape index (κ1) is 29.6. The highest BCUT2D eigenvalue weighted by molar-refractivity contribution is 9.10. The van der Waals surface area contributed by atoms with Gasteiger partial charge in [0.1, 0.15) is 21.7 Å². The van der Waals surface area contributed by atoms with E-state index in [1.165, 1.54) is 6.92 Å². The molecule has 10 heteroatoms. The predicted octanol–water partition coefficient (Wildman–Crippen LogP) is 7.12. The van der Waals surface area contributed by atoms with Crippen LogP contribution in [0.1, 0.15) is 51.1 Å². The fraction of sp³-hybridized carbons (Fsp3) is 0.300. The van der Waals surface area contributed by atoms with Crippen molar-refractivity contribution in [2.24, 2.45) is 5.73 Å². The van der Waals surface area contributed by atoms with Gasteiger partial charge in [0, 0.05) is 13.0 Å². The highest BCUT2D eigenvalue weighted by atomic mass is 79.9. The summed E-state index contributed by atoms with van der Waals surface area (Å²) in [5, 5.41) is 22.6. The number of aryl methyl sites for hydroxylation is 1. The van der Waals surface area contributed by atoms with Crippen LogP contribution in [0.3, 0.4) is 0 Å². The van der Waals surface area contributed by atoms with Gasteiger partial charge in [-0.15, -0.1) is 0 Å². The van der Waals surface area contributed by atoms with E-state index < -0.39 is 0 Å². The minimum atomic E-state index is -0.0413. The smallest absolute Gasteiger partial charge is 0.289 e. The Morgan fingerprint density at radius 3 is 2.60 bits per heavy atom. The summed E-state index contributed by atoms with van der Waals surface area (Å²) in [5.41, 5.74) is 12.1. The van der Waals surface area contributed by atoms with Crippen molar-refractivity contribution in [3.63, 3.8) is 0 Å². The molecule has 4 rings (SSSR count). The lowest BCUT2D eigenvalue weighted by Crippen LogP contribution is -2.22. The minimum absolute atomic E-state index is 0.0112. The maximum absolute atomic E-state index is 12.9. The van der Waals surface area contributed by atoms with Gasteiger partial charge in [0.05, 0.1) is 35.6 Å². The summed E-state index contributed by atoms with van der Waals surface area (Å²) in [6, 6.07) is 17.9. The number of nitrogens with zero attached hydrogens (tertiary/aromatic N) is 4. The molecular formula is C30H34BrN5O3S. The third kappa shape index (κ3) is 6.68. The molecule has 0 unspecified atom stereocenters. The number of imidazole rings is 1. The van der Waals surface area contributed by atoms with E-state index in [0.29, 0.717) is 29.5 Å². The summed E-state index contributed by atoms with van der Waals surface area (Å²) >= 11 is 4.48. The van der Waals surface area contributed by atoms with Crippen LogP contribution in [0.4, 0.5) is 0 Å². The van der Waals surface area contributed by atoms with E-state index in [1.54, 1.807) is 6.92 Å². The van der Waals surface area contributed by atoms with Gasteiger partial charge in [-0.25, -0.2) is 9.97 Å². The molecule has 3 N–H and O–H groups in total. The molecule has 0 fully saturated rings. The van der Waals surface area contributed by atoms with Gasteiger partial charge in [0.25, 0.3) is 5.84 Å². The van der Waals surface area contributed by atoms with Crippen molar-refractivity contribution >= 4 is 44.9 Å². The Hall–Kier alpha value is -3.34. The summed E-state index contributed by atoms with van der Waals surface area (Å²) in [6.45, 7) is 8.87. The average Bonchev–Trinajstić information content (AvgIpc) is 3.27. The van der Waals surface area contributed by atoms with E-state index >= 15 is 0 Å². The van der Waals surface area contributed by atoms with Crippen molar-refractivity contribution in [2.45, 2.75) is 58.6 Å². The quantitative estimate of drug-likeness (QED) is 0.0267. The van der Waals surface area contributed by atoms with Gasteiger partial charge in [-0.1, -0.05) is 43.3 Å². The highest BCUT2D eigenvalue weighted by Gasteiger charge is 2.17. The first-order valence-electron chi connectivity index (χ1n) is 13.2. The number of hydrogen-bond acceptors (Lipinski definition) is 6. The molecule has 0 saturated heterocycles. The Kier molecular flexibility index (Phi) is 9.89. The molecular weight excluding hydrogens is 590 g/mol. The monoisotopic (exact) mass is 623 g/mol. The highest BCUT2D eigenvalue weighted by Crippen LogP contribution is 2.35. The molecule has 0 atom stereocenters. The molecule has 0 spiro atoms. The Labute approximate surface area is 247 Å². The Morgan fingerprint density at radius 2 is 1.88 bits per heavy atom. The van der Waals surface area contributed by atoms with Crippen molar-refractivity contribution in [3.05, 3.63) is 92.7 Å². The van der Waals surface area contributed by atoms with Crippen molar-refractivity contribution in [2.75, 3.05) is 6.61 Å². The number of aromatic nitrogens is 3. The molecule has 0 aliphatic carbocycles. The minimum Gasteiger partial charge on any atom is -0.704 e. The zero-order valence-electron chi connectivity index (χ0n) is 23.1. The van der Waals surface area contributed by atoms with Gasteiger partial charge in [-0.05, 0) is 83.6 Å². The summed E-state index contributed by atoms with van der Waals surface area (Å²) in [5.74, 6) is 0.977. The summed E-state index contributed by atoms with van der Waals surface area (Å²) < 4.78 is 9.45. The third-order valence-electron chi connectivity index (χ3n) is 6.57. The molecule has 0 bridgehead atoms. The normalized spacial score (nSPS) is 12.9. The maximum atomic E-state index is 12.9. The number of aliphatic hydroxyl groups excluding tert-OH is 1. The Bertz CT molecular complexity index is 1580. The molecule has 40 heavy (non-hydrogen) atoms. The van der Waals surface area contributed by atoms with Crippen LogP contribution in [-0.4, -0.2) is 36.2 Å². The molecule has 4 aromatic rings. The Balaban J connectivity index is 1.75.